The maximum Gasteiger partial charge on any atom is 0.255 e. The molecule has 0 N–H and O–H groups in total. The van der Waals surface area contributed by atoms with Crippen LogP contribution in [0.4, 0.5) is 4.39 Å². The van der Waals surface area contributed by atoms with Crippen LogP contribution in [-0.2, 0) is 0 Å². The Kier molecular flexibility index (Phi) is 4.44. The van der Waals surface area contributed by atoms with E-state index < -0.39 is 6.86 Å². The van der Waals surface area contributed by atoms with E-state index >= 15 is 0 Å². The summed E-state index contributed by atoms with van der Waals surface area (Å²) in [6.07, 6.45) is 1.76. The van der Waals surface area contributed by atoms with E-state index in [4.69, 9.17) is 16.3 Å². The number of halogens is 2. The highest BCUT2D eigenvalue weighted by Gasteiger charge is 2.04. The molecule has 0 atom stereocenters. The lowest BCUT2D eigenvalue weighted by Crippen LogP contribution is -2.16. The Balaban J connectivity index is 2.00. The van der Waals surface area contributed by atoms with E-state index in [2.05, 4.69) is 0 Å². The van der Waals surface area contributed by atoms with Crippen molar-refractivity contribution in [2.75, 3.05) is 6.86 Å². The Morgan fingerprint density at radius 2 is 1.57 bits per heavy atom. The number of pyridine rings is 1. The summed E-state index contributed by atoms with van der Waals surface area (Å²) in [5.41, 5.74) is 2.38. The number of alkyl halides is 1. The van der Waals surface area contributed by atoms with E-state index in [0.29, 0.717) is 16.5 Å². The molecule has 0 aliphatic carbocycles. The zero-order valence-corrected chi connectivity index (χ0v) is 12.8. The predicted molar refractivity (Wildman–Crippen MR) is 89.1 cm³/mol. The van der Waals surface area contributed by atoms with Crippen molar-refractivity contribution in [3.8, 4) is 22.6 Å². The van der Waals surface area contributed by atoms with Gasteiger partial charge in [-0.25, -0.2) is 4.39 Å². The molecule has 0 fully saturated rings. The predicted octanol–water partition coefficient (Wildman–Crippen LogP) is 4.46. The molecule has 0 aliphatic heterocycles. The van der Waals surface area contributed by atoms with Gasteiger partial charge in [0.05, 0.1) is 0 Å². The van der Waals surface area contributed by atoms with E-state index in [-0.39, 0.29) is 5.56 Å². The lowest BCUT2D eigenvalue weighted by atomic mass is 10.1. The number of ether oxygens (including phenoxy) is 1. The Hall–Kier alpha value is -2.59. The van der Waals surface area contributed by atoms with Gasteiger partial charge < -0.3 is 4.74 Å². The number of nitrogens with zero attached hydrogens (tertiary/aromatic N) is 1. The van der Waals surface area contributed by atoms with E-state index in [0.717, 1.165) is 11.1 Å². The second-order valence-corrected chi connectivity index (χ2v) is 5.32. The standard InChI is InChI=1S/C18H13ClFNO2/c19-15-4-1-13(2-5-15)14-3-10-18(22)21(11-14)16-6-8-17(9-7-16)23-12-20/h1-11H,12H2. The van der Waals surface area contributed by atoms with Crippen molar-refractivity contribution < 1.29 is 9.13 Å². The molecule has 0 unspecified atom stereocenters. The van der Waals surface area contributed by atoms with Gasteiger partial charge in [-0.2, -0.15) is 0 Å². The Bertz CT molecular complexity index is 857. The third kappa shape index (κ3) is 3.43. The van der Waals surface area contributed by atoms with Crippen molar-refractivity contribution in [2.24, 2.45) is 0 Å². The van der Waals surface area contributed by atoms with Crippen molar-refractivity contribution in [1.82, 2.24) is 4.57 Å². The summed E-state index contributed by atoms with van der Waals surface area (Å²) >= 11 is 5.90. The summed E-state index contributed by atoms with van der Waals surface area (Å²) < 4.78 is 18.4. The second kappa shape index (κ2) is 6.67. The Morgan fingerprint density at radius 1 is 0.913 bits per heavy atom. The number of hydrogen-bond acceptors (Lipinski definition) is 2. The molecule has 116 valence electrons. The topological polar surface area (TPSA) is 31.2 Å². The largest absolute Gasteiger partial charge is 0.463 e. The zero-order valence-electron chi connectivity index (χ0n) is 12.1. The third-order valence-corrected chi connectivity index (χ3v) is 3.68. The maximum absolute atomic E-state index is 12.1. The minimum Gasteiger partial charge on any atom is -0.463 e. The molecule has 3 rings (SSSR count). The van der Waals surface area contributed by atoms with Crippen LogP contribution in [0.3, 0.4) is 0 Å². The van der Waals surface area contributed by atoms with Gasteiger partial charge >= 0.3 is 0 Å². The highest BCUT2D eigenvalue weighted by atomic mass is 35.5. The average molecular weight is 330 g/mol. The van der Waals surface area contributed by atoms with Gasteiger partial charge in [-0.3, -0.25) is 9.36 Å². The molecule has 2 aromatic carbocycles. The molecular weight excluding hydrogens is 317 g/mol. The first-order valence-electron chi connectivity index (χ1n) is 6.95. The van der Waals surface area contributed by atoms with Gasteiger partial charge in [0.25, 0.3) is 5.56 Å². The SMILES string of the molecule is O=c1ccc(-c2ccc(Cl)cc2)cn1-c1ccc(OCF)cc1. The van der Waals surface area contributed by atoms with E-state index in [9.17, 15) is 9.18 Å². The van der Waals surface area contributed by atoms with Crippen molar-refractivity contribution in [3.63, 3.8) is 0 Å². The van der Waals surface area contributed by atoms with Crippen LogP contribution in [0.5, 0.6) is 5.75 Å². The minimum atomic E-state index is -0.884. The zero-order chi connectivity index (χ0) is 16.2. The highest BCUT2D eigenvalue weighted by molar-refractivity contribution is 6.30. The summed E-state index contributed by atoms with van der Waals surface area (Å²) in [4.78, 5) is 12.1. The molecule has 3 aromatic rings. The molecule has 3 nitrogen and oxygen atoms in total. The summed E-state index contributed by atoms with van der Waals surface area (Å²) in [6, 6.07) is 17.3. The number of benzene rings is 2. The molecular formula is C18H13ClFNO2. The monoisotopic (exact) mass is 329 g/mol. The first-order chi connectivity index (χ1) is 11.2. The van der Waals surface area contributed by atoms with Crippen molar-refractivity contribution >= 4 is 11.6 Å². The highest BCUT2D eigenvalue weighted by Crippen LogP contribution is 2.22. The van der Waals surface area contributed by atoms with Crippen LogP contribution in [0, 0.1) is 0 Å². The second-order valence-electron chi connectivity index (χ2n) is 4.88. The van der Waals surface area contributed by atoms with E-state index in [1.165, 1.54) is 10.6 Å². The summed E-state index contributed by atoms with van der Waals surface area (Å²) in [6.45, 7) is -0.884. The fourth-order valence-electron chi connectivity index (χ4n) is 2.27. The quantitative estimate of drug-likeness (QED) is 0.707. The third-order valence-electron chi connectivity index (χ3n) is 3.42. The lowest BCUT2D eigenvalue weighted by molar-refractivity contribution is 0.192. The smallest absolute Gasteiger partial charge is 0.255 e. The van der Waals surface area contributed by atoms with Crippen LogP contribution in [-0.4, -0.2) is 11.4 Å². The van der Waals surface area contributed by atoms with Crippen LogP contribution in [0.15, 0.2) is 71.7 Å². The number of rotatable bonds is 4. The Morgan fingerprint density at radius 3 is 2.22 bits per heavy atom. The van der Waals surface area contributed by atoms with Crippen LogP contribution >= 0.6 is 11.6 Å². The molecule has 1 heterocycles. The van der Waals surface area contributed by atoms with Gasteiger partial charge in [-0.1, -0.05) is 23.7 Å². The van der Waals surface area contributed by atoms with Gasteiger partial charge in [0.15, 0.2) is 0 Å². The molecule has 0 saturated heterocycles. The van der Waals surface area contributed by atoms with Gasteiger partial charge in [0.2, 0.25) is 6.86 Å². The van der Waals surface area contributed by atoms with Crippen molar-refractivity contribution in [3.05, 3.63) is 82.2 Å². The molecule has 0 radical (unpaired) electrons. The molecule has 23 heavy (non-hydrogen) atoms. The van der Waals surface area contributed by atoms with Crippen LogP contribution < -0.4 is 10.3 Å². The van der Waals surface area contributed by atoms with Crippen LogP contribution in [0.25, 0.3) is 16.8 Å². The minimum absolute atomic E-state index is 0.151. The summed E-state index contributed by atoms with van der Waals surface area (Å²) in [7, 11) is 0. The first-order valence-corrected chi connectivity index (χ1v) is 7.33. The maximum atomic E-state index is 12.1. The lowest BCUT2D eigenvalue weighted by Gasteiger charge is -2.09. The normalized spacial score (nSPS) is 10.5. The van der Waals surface area contributed by atoms with Crippen molar-refractivity contribution in [2.45, 2.75) is 0 Å². The molecule has 0 spiro atoms. The summed E-state index contributed by atoms with van der Waals surface area (Å²) in [5.74, 6) is 0.415. The van der Waals surface area contributed by atoms with E-state index in [1.807, 2.05) is 12.1 Å². The molecule has 0 aliphatic rings. The van der Waals surface area contributed by atoms with Gasteiger partial charge in [-0.05, 0) is 53.6 Å². The van der Waals surface area contributed by atoms with Crippen LogP contribution in [0.2, 0.25) is 5.02 Å². The first kappa shape index (κ1) is 15.3. The molecule has 0 amide bonds. The molecule has 0 bridgehead atoms. The van der Waals surface area contributed by atoms with Gasteiger partial charge in [0, 0.05) is 23.0 Å². The summed E-state index contributed by atoms with van der Waals surface area (Å²) in [5, 5.41) is 0.658. The fraction of sp³-hybridized carbons (Fsp3) is 0.0556. The number of aromatic nitrogens is 1. The van der Waals surface area contributed by atoms with Crippen LogP contribution in [0.1, 0.15) is 0 Å². The average Bonchev–Trinajstić information content (AvgIpc) is 2.57. The number of hydrogen-bond donors (Lipinski definition) is 0. The van der Waals surface area contributed by atoms with Gasteiger partial charge in [-0.15, -0.1) is 0 Å². The van der Waals surface area contributed by atoms with Gasteiger partial charge in [0.1, 0.15) is 5.75 Å². The molecule has 0 saturated carbocycles. The Labute approximate surface area is 137 Å². The van der Waals surface area contributed by atoms with E-state index in [1.54, 1.807) is 48.7 Å². The fourth-order valence-corrected chi connectivity index (χ4v) is 2.39. The van der Waals surface area contributed by atoms with Crippen molar-refractivity contribution in [1.29, 1.82) is 0 Å². The molecule has 1 aromatic heterocycles. The molecule has 5 heteroatoms.